The van der Waals surface area contributed by atoms with Gasteiger partial charge in [-0.05, 0) is 19.3 Å². The minimum atomic E-state index is -4.46. The van der Waals surface area contributed by atoms with Gasteiger partial charge in [0.15, 0.2) is 11.5 Å². The van der Waals surface area contributed by atoms with Crippen molar-refractivity contribution in [1.29, 1.82) is 0 Å². The van der Waals surface area contributed by atoms with Gasteiger partial charge in [-0.2, -0.15) is 13.2 Å². The summed E-state index contributed by atoms with van der Waals surface area (Å²) in [6, 6.07) is 0. The standard InChI is InChI=1S/C13H16F3N3O/c1-20-12(4-2-5-12)11-18-9-3-6-17-7-8(9)10(19-11)13(14,15)16/h17H,2-7H2,1H3. The predicted octanol–water partition coefficient (Wildman–Crippen LogP) is 2.17. The molecule has 3 rings (SSSR count). The van der Waals surface area contributed by atoms with E-state index in [1.165, 1.54) is 7.11 Å². The summed E-state index contributed by atoms with van der Waals surface area (Å²) in [5, 5.41) is 2.94. The van der Waals surface area contributed by atoms with Crippen LogP contribution in [-0.4, -0.2) is 23.6 Å². The van der Waals surface area contributed by atoms with Crippen LogP contribution in [-0.2, 0) is 29.5 Å². The smallest absolute Gasteiger partial charge is 0.370 e. The quantitative estimate of drug-likeness (QED) is 0.905. The lowest BCUT2D eigenvalue weighted by molar-refractivity contribution is -0.143. The van der Waals surface area contributed by atoms with Crippen molar-refractivity contribution in [1.82, 2.24) is 15.3 Å². The van der Waals surface area contributed by atoms with E-state index in [2.05, 4.69) is 15.3 Å². The number of methoxy groups -OCH3 is 1. The Kier molecular flexibility index (Phi) is 3.21. The van der Waals surface area contributed by atoms with Gasteiger partial charge in [0.05, 0.1) is 5.69 Å². The Labute approximate surface area is 114 Å². The Morgan fingerprint density at radius 1 is 1.25 bits per heavy atom. The van der Waals surface area contributed by atoms with Gasteiger partial charge < -0.3 is 10.1 Å². The Bertz CT molecular complexity index is 521. The van der Waals surface area contributed by atoms with Gasteiger partial charge >= 0.3 is 6.18 Å². The average Bonchev–Trinajstić information content (AvgIpc) is 2.36. The van der Waals surface area contributed by atoms with Crippen LogP contribution in [0, 0.1) is 0 Å². The first-order valence-corrected chi connectivity index (χ1v) is 6.70. The van der Waals surface area contributed by atoms with E-state index in [0.717, 1.165) is 6.42 Å². The highest BCUT2D eigenvalue weighted by Crippen LogP contribution is 2.44. The number of hydrogen-bond acceptors (Lipinski definition) is 4. The van der Waals surface area contributed by atoms with Crippen LogP contribution in [0.15, 0.2) is 0 Å². The summed E-state index contributed by atoms with van der Waals surface area (Å²) in [7, 11) is 1.51. The van der Waals surface area contributed by atoms with Crippen LogP contribution in [0.5, 0.6) is 0 Å². The zero-order chi connectivity index (χ0) is 14.4. The van der Waals surface area contributed by atoms with Gasteiger partial charge in [0, 0.05) is 32.2 Å². The van der Waals surface area contributed by atoms with Gasteiger partial charge in [-0.25, -0.2) is 9.97 Å². The molecule has 2 heterocycles. The molecule has 0 unspecified atom stereocenters. The van der Waals surface area contributed by atoms with Crippen molar-refractivity contribution in [2.45, 2.75) is 44.0 Å². The highest BCUT2D eigenvalue weighted by molar-refractivity contribution is 5.31. The van der Waals surface area contributed by atoms with Crippen molar-refractivity contribution in [3.05, 3.63) is 22.8 Å². The van der Waals surface area contributed by atoms with Gasteiger partial charge in [-0.1, -0.05) is 0 Å². The maximum Gasteiger partial charge on any atom is 0.433 e. The van der Waals surface area contributed by atoms with Crippen LogP contribution in [0.2, 0.25) is 0 Å². The number of fused-ring (bicyclic) bond motifs is 1. The van der Waals surface area contributed by atoms with Crippen LogP contribution in [0.1, 0.15) is 42.0 Å². The number of hydrogen-bond donors (Lipinski definition) is 1. The van der Waals surface area contributed by atoms with Crippen LogP contribution in [0.4, 0.5) is 13.2 Å². The molecule has 1 saturated carbocycles. The van der Waals surface area contributed by atoms with Crippen molar-refractivity contribution >= 4 is 0 Å². The molecule has 0 aromatic carbocycles. The molecular formula is C13H16F3N3O. The summed E-state index contributed by atoms with van der Waals surface area (Å²) in [6.45, 7) is 0.811. The van der Waals surface area contributed by atoms with E-state index in [-0.39, 0.29) is 17.9 Å². The molecular weight excluding hydrogens is 271 g/mol. The number of halogens is 3. The molecule has 0 radical (unpaired) electrons. The minimum Gasteiger partial charge on any atom is -0.370 e. The molecule has 1 aromatic rings. The van der Waals surface area contributed by atoms with Gasteiger partial charge in [-0.15, -0.1) is 0 Å². The van der Waals surface area contributed by atoms with Gasteiger partial charge in [0.25, 0.3) is 0 Å². The lowest BCUT2D eigenvalue weighted by Gasteiger charge is -2.39. The third-order valence-corrected chi connectivity index (χ3v) is 4.16. The van der Waals surface area contributed by atoms with Gasteiger partial charge in [-0.3, -0.25) is 0 Å². The van der Waals surface area contributed by atoms with Gasteiger partial charge in [0.1, 0.15) is 5.60 Å². The summed E-state index contributed by atoms with van der Waals surface area (Å²) < 4.78 is 45.0. The second-order valence-corrected chi connectivity index (χ2v) is 5.30. The molecule has 1 aliphatic carbocycles. The minimum absolute atomic E-state index is 0.171. The molecule has 1 fully saturated rings. The molecule has 0 amide bonds. The van der Waals surface area contributed by atoms with E-state index in [1.54, 1.807) is 0 Å². The van der Waals surface area contributed by atoms with Crippen LogP contribution in [0.25, 0.3) is 0 Å². The number of ether oxygens (including phenoxy) is 1. The average molecular weight is 287 g/mol. The topological polar surface area (TPSA) is 47.0 Å². The molecule has 1 N–H and O–H groups in total. The maximum atomic E-state index is 13.2. The van der Waals surface area contributed by atoms with Gasteiger partial charge in [0.2, 0.25) is 0 Å². The third-order valence-electron chi connectivity index (χ3n) is 4.16. The van der Waals surface area contributed by atoms with Crippen molar-refractivity contribution < 1.29 is 17.9 Å². The summed E-state index contributed by atoms with van der Waals surface area (Å²) in [5.74, 6) is 0.194. The van der Waals surface area contributed by atoms with Crippen LogP contribution in [0.3, 0.4) is 0 Å². The highest BCUT2D eigenvalue weighted by atomic mass is 19.4. The van der Waals surface area contributed by atoms with Crippen molar-refractivity contribution in [3.8, 4) is 0 Å². The van der Waals surface area contributed by atoms with E-state index >= 15 is 0 Å². The number of nitrogens with zero attached hydrogens (tertiary/aromatic N) is 2. The number of aromatic nitrogens is 2. The summed E-state index contributed by atoms with van der Waals surface area (Å²) in [6.07, 6.45) is -1.68. The second-order valence-electron chi connectivity index (χ2n) is 5.30. The molecule has 0 saturated heterocycles. The first-order chi connectivity index (χ1) is 9.46. The van der Waals surface area contributed by atoms with E-state index in [0.29, 0.717) is 31.5 Å². The lowest BCUT2D eigenvalue weighted by Crippen LogP contribution is -2.40. The van der Waals surface area contributed by atoms with E-state index < -0.39 is 17.5 Å². The molecule has 2 aliphatic rings. The zero-order valence-corrected chi connectivity index (χ0v) is 11.2. The molecule has 0 atom stereocenters. The van der Waals surface area contributed by atoms with E-state index in [1.807, 2.05) is 0 Å². The molecule has 4 nitrogen and oxygen atoms in total. The molecule has 1 aliphatic heterocycles. The Morgan fingerprint density at radius 3 is 2.55 bits per heavy atom. The molecule has 1 aromatic heterocycles. The molecule has 0 bridgehead atoms. The number of alkyl halides is 3. The van der Waals surface area contributed by atoms with E-state index in [4.69, 9.17) is 4.74 Å². The number of rotatable bonds is 2. The Morgan fingerprint density at radius 2 is 2.00 bits per heavy atom. The normalized spacial score (nSPS) is 21.2. The maximum absolute atomic E-state index is 13.2. The summed E-state index contributed by atoms with van der Waals surface area (Å²) >= 11 is 0. The Balaban J connectivity index is 2.13. The largest absolute Gasteiger partial charge is 0.433 e. The highest BCUT2D eigenvalue weighted by Gasteiger charge is 2.45. The van der Waals surface area contributed by atoms with Crippen molar-refractivity contribution in [2.24, 2.45) is 0 Å². The summed E-state index contributed by atoms with van der Waals surface area (Å²) in [5.41, 5.74) is -0.851. The fourth-order valence-electron chi connectivity index (χ4n) is 2.80. The van der Waals surface area contributed by atoms with Crippen LogP contribution < -0.4 is 5.32 Å². The molecule has 110 valence electrons. The zero-order valence-electron chi connectivity index (χ0n) is 11.2. The fraction of sp³-hybridized carbons (Fsp3) is 0.692. The predicted molar refractivity (Wildman–Crippen MR) is 65.0 cm³/mol. The second kappa shape index (κ2) is 4.66. The first-order valence-electron chi connectivity index (χ1n) is 6.70. The lowest BCUT2D eigenvalue weighted by atomic mass is 9.79. The molecule has 0 spiro atoms. The molecule has 20 heavy (non-hydrogen) atoms. The number of nitrogens with one attached hydrogen (secondary N) is 1. The Hall–Kier alpha value is -1.21. The van der Waals surface area contributed by atoms with Crippen LogP contribution >= 0.6 is 0 Å². The fourth-order valence-corrected chi connectivity index (χ4v) is 2.80. The SMILES string of the molecule is COC1(c2nc3c(c(C(F)(F)F)n2)CNCC3)CCC1. The summed E-state index contributed by atoms with van der Waals surface area (Å²) in [4.78, 5) is 8.20. The first kappa shape index (κ1) is 13.8. The van der Waals surface area contributed by atoms with E-state index in [9.17, 15) is 13.2 Å². The van der Waals surface area contributed by atoms with Crippen molar-refractivity contribution in [3.63, 3.8) is 0 Å². The monoisotopic (exact) mass is 287 g/mol. The molecule has 7 heteroatoms. The third kappa shape index (κ3) is 2.09. The van der Waals surface area contributed by atoms with Crippen molar-refractivity contribution in [2.75, 3.05) is 13.7 Å².